The Morgan fingerprint density at radius 2 is 1.73 bits per heavy atom. The van der Waals surface area contributed by atoms with E-state index in [0.717, 1.165) is 11.1 Å². The Balaban J connectivity index is 2.86. The van der Waals surface area contributed by atoms with E-state index in [9.17, 15) is 0 Å². The van der Waals surface area contributed by atoms with Gasteiger partial charge in [0.15, 0.2) is 0 Å². The predicted molar refractivity (Wildman–Crippen MR) is 57.1 cm³/mol. The van der Waals surface area contributed by atoms with E-state index in [1.807, 2.05) is 30.3 Å². The van der Waals surface area contributed by atoms with Gasteiger partial charge in [0.2, 0.25) is 0 Å². The molecule has 1 aromatic rings. The Hall–Kier alpha value is -0.0800. The fraction of sp³-hybridized carbons (Fsp3) is 0.111. The maximum Gasteiger partial charge on any atom is 0.0946 e. The van der Waals surface area contributed by atoms with E-state index in [-0.39, 0.29) is 3.74 Å². The maximum atomic E-state index is 3.93. The number of rotatable bonds is 2. The first-order chi connectivity index (χ1) is 5.22. The van der Waals surface area contributed by atoms with Crippen molar-refractivity contribution in [3.63, 3.8) is 0 Å². The van der Waals surface area contributed by atoms with E-state index in [1.165, 1.54) is 0 Å². The molecule has 0 spiro atoms. The number of benzene rings is 1. The van der Waals surface area contributed by atoms with Crippen molar-refractivity contribution in [1.82, 2.24) is 0 Å². The molecule has 0 bridgehead atoms. The summed E-state index contributed by atoms with van der Waals surface area (Å²) in [5.41, 5.74) is 2.21. The molecule has 0 unspecified atom stereocenters. The molecular weight excluding hydrogens is 268 g/mol. The monoisotopic (exact) mass is 274 g/mol. The lowest BCUT2D eigenvalue weighted by Gasteiger charge is -2.05. The van der Waals surface area contributed by atoms with Crippen molar-refractivity contribution in [3.05, 3.63) is 42.5 Å². The van der Waals surface area contributed by atoms with Crippen molar-refractivity contribution >= 4 is 37.4 Å². The molecule has 0 aliphatic carbocycles. The van der Waals surface area contributed by atoms with E-state index in [2.05, 4.69) is 38.4 Å². The van der Waals surface area contributed by atoms with Crippen LogP contribution in [0.3, 0.4) is 0 Å². The van der Waals surface area contributed by atoms with Crippen LogP contribution in [0, 0.1) is 0 Å². The molecule has 0 fully saturated rings. The molecule has 0 radical (unpaired) electrons. The lowest BCUT2D eigenvalue weighted by atomic mass is 10.1. The fourth-order valence-corrected chi connectivity index (χ4v) is 1.31. The van der Waals surface area contributed by atoms with Crippen LogP contribution in [0.2, 0.25) is 0 Å². The third kappa shape index (κ3) is 2.46. The summed E-state index contributed by atoms with van der Waals surface area (Å²) < 4.78 is 0.164. The Morgan fingerprint density at radius 1 is 1.18 bits per heavy atom. The molecular formula is C9H8Br2. The highest BCUT2D eigenvalue weighted by Gasteiger charge is 2.04. The summed E-state index contributed by atoms with van der Waals surface area (Å²) in [6, 6.07) is 10.1. The molecule has 1 aromatic carbocycles. The van der Waals surface area contributed by atoms with E-state index in [1.54, 1.807) is 0 Å². The number of halogens is 2. The molecule has 1 rings (SSSR count). The summed E-state index contributed by atoms with van der Waals surface area (Å²) in [6.45, 7) is 3.93. The molecule has 0 amide bonds. The number of allylic oxidation sites excluding steroid dienone is 1. The largest absolute Gasteiger partial charge is 0.0946 e. The van der Waals surface area contributed by atoms with Gasteiger partial charge in [0.25, 0.3) is 0 Å². The number of hydrogen-bond donors (Lipinski definition) is 0. The summed E-state index contributed by atoms with van der Waals surface area (Å²) in [5.74, 6) is 0. The van der Waals surface area contributed by atoms with Crippen LogP contribution in [0.15, 0.2) is 36.9 Å². The minimum Gasteiger partial charge on any atom is -0.0932 e. The molecule has 0 atom stereocenters. The van der Waals surface area contributed by atoms with Crippen molar-refractivity contribution in [3.8, 4) is 0 Å². The zero-order valence-corrected chi connectivity index (χ0v) is 9.10. The first-order valence-electron chi connectivity index (χ1n) is 3.24. The summed E-state index contributed by atoms with van der Waals surface area (Å²) in [6.07, 6.45) is 0. The van der Waals surface area contributed by atoms with Gasteiger partial charge in [-0.15, -0.1) is 0 Å². The highest BCUT2D eigenvalue weighted by molar-refractivity contribution is 9.25. The van der Waals surface area contributed by atoms with Crippen LogP contribution in [0.4, 0.5) is 0 Å². The fourth-order valence-electron chi connectivity index (χ4n) is 0.778. The highest BCUT2D eigenvalue weighted by Crippen LogP contribution is 2.25. The molecule has 0 heterocycles. The van der Waals surface area contributed by atoms with Gasteiger partial charge in [-0.25, -0.2) is 0 Å². The second kappa shape index (κ2) is 4.07. The molecule has 2 heteroatoms. The molecule has 0 aliphatic heterocycles. The van der Waals surface area contributed by atoms with Crippen LogP contribution < -0.4 is 0 Å². The molecule has 58 valence electrons. The van der Waals surface area contributed by atoms with Crippen LogP contribution in [0.1, 0.15) is 5.56 Å². The average Bonchev–Trinajstić information content (AvgIpc) is 2.05. The quantitative estimate of drug-likeness (QED) is 0.720. The zero-order valence-electron chi connectivity index (χ0n) is 5.93. The molecule has 0 aliphatic rings. The Morgan fingerprint density at radius 3 is 2.18 bits per heavy atom. The van der Waals surface area contributed by atoms with Crippen LogP contribution in [-0.4, -0.2) is 3.74 Å². The molecule has 0 aromatic heterocycles. The third-order valence-electron chi connectivity index (χ3n) is 1.41. The zero-order chi connectivity index (χ0) is 8.27. The lowest BCUT2D eigenvalue weighted by molar-refractivity contribution is 1.58. The summed E-state index contributed by atoms with van der Waals surface area (Å²) in [7, 11) is 0. The van der Waals surface area contributed by atoms with E-state index < -0.39 is 0 Å². The Labute approximate surface area is 83.6 Å². The van der Waals surface area contributed by atoms with Crippen molar-refractivity contribution < 1.29 is 0 Å². The van der Waals surface area contributed by atoms with Crippen molar-refractivity contribution in [2.24, 2.45) is 0 Å². The van der Waals surface area contributed by atoms with E-state index in [4.69, 9.17) is 0 Å². The SMILES string of the molecule is C=C(c1ccccc1)C(Br)Br. The summed E-state index contributed by atoms with van der Waals surface area (Å²) in [4.78, 5) is 0. The second-order valence-corrected chi connectivity index (χ2v) is 5.25. The van der Waals surface area contributed by atoms with Crippen molar-refractivity contribution in [1.29, 1.82) is 0 Å². The minimum absolute atomic E-state index is 0.164. The van der Waals surface area contributed by atoms with Gasteiger partial charge in [-0.2, -0.15) is 0 Å². The second-order valence-electron chi connectivity index (χ2n) is 2.19. The van der Waals surface area contributed by atoms with Gasteiger partial charge in [-0.1, -0.05) is 68.8 Å². The minimum atomic E-state index is 0.164. The normalized spacial score (nSPS) is 10.1. The smallest absolute Gasteiger partial charge is 0.0932 e. The number of alkyl halides is 2. The third-order valence-corrected chi connectivity index (χ3v) is 2.51. The molecule has 0 nitrogen and oxygen atoms in total. The van der Waals surface area contributed by atoms with Crippen LogP contribution in [-0.2, 0) is 0 Å². The maximum absolute atomic E-state index is 3.93. The topological polar surface area (TPSA) is 0 Å². The Kier molecular flexibility index (Phi) is 3.34. The van der Waals surface area contributed by atoms with Gasteiger partial charge in [0.05, 0.1) is 3.74 Å². The van der Waals surface area contributed by atoms with Crippen LogP contribution in [0.25, 0.3) is 5.57 Å². The molecule has 0 saturated heterocycles. The van der Waals surface area contributed by atoms with Gasteiger partial charge in [-0.3, -0.25) is 0 Å². The Bertz CT molecular complexity index is 239. The summed E-state index contributed by atoms with van der Waals surface area (Å²) >= 11 is 6.79. The van der Waals surface area contributed by atoms with Gasteiger partial charge in [-0.05, 0) is 11.1 Å². The first-order valence-corrected chi connectivity index (χ1v) is 5.07. The van der Waals surface area contributed by atoms with Gasteiger partial charge < -0.3 is 0 Å². The highest BCUT2D eigenvalue weighted by atomic mass is 79.9. The molecule has 0 N–H and O–H groups in total. The molecule has 11 heavy (non-hydrogen) atoms. The van der Waals surface area contributed by atoms with E-state index in [0.29, 0.717) is 0 Å². The standard InChI is InChI=1S/C9H8Br2/c1-7(9(10)11)8-5-3-2-4-6-8/h2-6,9H,1H2. The number of hydrogen-bond acceptors (Lipinski definition) is 0. The van der Waals surface area contributed by atoms with E-state index >= 15 is 0 Å². The molecule has 0 saturated carbocycles. The lowest BCUT2D eigenvalue weighted by Crippen LogP contribution is -1.89. The van der Waals surface area contributed by atoms with Gasteiger partial charge >= 0.3 is 0 Å². The predicted octanol–water partition coefficient (Wildman–Crippen LogP) is 3.82. The average molecular weight is 276 g/mol. The van der Waals surface area contributed by atoms with Crippen LogP contribution >= 0.6 is 31.9 Å². The van der Waals surface area contributed by atoms with Crippen molar-refractivity contribution in [2.45, 2.75) is 3.74 Å². The summed E-state index contributed by atoms with van der Waals surface area (Å²) in [5, 5.41) is 0. The van der Waals surface area contributed by atoms with Gasteiger partial charge in [0.1, 0.15) is 0 Å². The van der Waals surface area contributed by atoms with Crippen molar-refractivity contribution in [2.75, 3.05) is 0 Å². The first kappa shape index (κ1) is 9.01. The van der Waals surface area contributed by atoms with Gasteiger partial charge in [0, 0.05) is 0 Å². The van der Waals surface area contributed by atoms with Crippen LogP contribution in [0.5, 0.6) is 0 Å².